The second-order valence-corrected chi connectivity index (χ2v) is 9.43. The number of pyridine rings is 1. The molecule has 0 bridgehead atoms. The number of methoxy groups -OCH3 is 2. The van der Waals surface area contributed by atoms with Gasteiger partial charge in [-0.15, -0.1) is 0 Å². The summed E-state index contributed by atoms with van der Waals surface area (Å²) in [5.41, 5.74) is 4.59. The molecule has 8 heteroatoms. The Morgan fingerprint density at radius 3 is 2.44 bits per heavy atom. The van der Waals surface area contributed by atoms with Gasteiger partial charge in [-0.3, -0.25) is 10.1 Å². The van der Waals surface area contributed by atoms with Gasteiger partial charge in [0.25, 0.3) is 5.91 Å². The fourth-order valence-corrected chi connectivity index (χ4v) is 3.91. The van der Waals surface area contributed by atoms with Gasteiger partial charge in [0.1, 0.15) is 11.4 Å². The zero-order chi connectivity index (χ0) is 26.0. The third-order valence-electron chi connectivity index (χ3n) is 6.24. The predicted octanol–water partition coefficient (Wildman–Crippen LogP) is 5.95. The quantitative estimate of drug-likeness (QED) is 0.363. The minimum absolute atomic E-state index is 0.221. The molecule has 0 spiro atoms. The van der Waals surface area contributed by atoms with Crippen LogP contribution in [-0.4, -0.2) is 53.7 Å². The number of rotatable bonds is 5. The van der Waals surface area contributed by atoms with Gasteiger partial charge >= 0.3 is 6.09 Å². The number of hydrogen-bond acceptors (Lipinski definition) is 5. The molecule has 0 saturated heterocycles. The van der Waals surface area contributed by atoms with Gasteiger partial charge in [-0.05, 0) is 50.6 Å². The molecule has 0 aliphatic carbocycles. The van der Waals surface area contributed by atoms with Gasteiger partial charge in [-0.1, -0.05) is 24.3 Å². The van der Waals surface area contributed by atoms with Crippen LogP contribution in [0.4, 0.5) is 10.5 Å². The lowest BCUT2D eigenvalue weighted by Crippen LogP contribution is -2.42. The van der Waals surface area contributed by atoms with Crippen molar-refractivity contribution in [1.29, 1.82) is 0 Å². The number of benzene rings is 2. The van der Waals surface area contributed by atoms with Crippen LogP contribution in [0.25, 0.3) is 33.3 Å². The average Bonchev–Trinajstić information content (AvgIpc) is 3.30. The highest BCUT2D eigenvalue weighted by Gasteiger charge is 2.26. The molecule has 8 nitrogen and oxygen atoms in total. The number of fused-ring (bicyclic) bond motifs is 1. The number of carbonyl (C=O) groups is 2. The first-order valence-electron chi connectivity index (χ1n) is 11.5. The Kier molecular flexibility index (Phi) is 6.70. The SMILES string of the molecule is COC(=O)Nc1ccc(-c2cnc3[nH]cc(-c4ccccc4OC)c3c2)cc1C(=O)N(C)C(C)(C)C. The lowest BCUT2D eigenvalue weighted by Gasteiger charge is -2.32. The van der Waals surface area contributed by atoms with Gasteiger partial charge in [0.2, 0.25) is 0 Å². The molecule has 0 fully saturated rings. The Balaban J connectivity index is 1.83. The van der Waals surface area contributed by atoms with E-state index in [-0.39, 0.29) is 5.91 Å². The van der Waals surface area contributed by atoms with Crippen LogP contribution in [0, 0.1) is 0 Å². The Bertz CT molecular complexity index is 1440. The molecule has 0 radical (unpaired) electrons. The number of hydrogen-bond donors (Lipinski definition) is 2. The normalized spacial score (nSPS) is 11.3. The molecule has 2 N–H and O–H groups in total. The second-order valence-electron chi connectivity index (χ2n) is 9.43. The number of nitrogens with one attached hydrogen (secondary N) is 2. The van der Waals surface area contributed by atoms with E-state index in [9.17, 15) is 9.59 Å². The van der Waals surface area contributed by atoms with Crippen LogP contribution >= 0.6 is 0 Å². The zero-order valence-corrected chi connectivity index (χ0v) is 21.3. The van der Waals surface area contributed by atoms with E-state index in [1.165, 1.54) is 7.11 Å². The summed E-state index contributed by atoms with van der Waals surface area (Å²) in [6, 6.07) is 15.2. The molecule has 0 unspecified atom stereocenters. The first-order chi connectivity index (χ1) is 17.1. The maximum absolute atomic E-state index is 13.4. The van der Waals surface area contributed by atoms with E-state index in [2.05, 4.69) is 15.3 Å². The summed E-state index contributed by atoms with van der Waals surface area (Å²) in [4.78, 5) is 34.9. The lowest BCUT2D eigenvalue weighted by molar-refractivity contribution is 0.0657. The Hall–Kier alpha value is -4.33. The molecule has 186 valence electrons. The molecular formula is C28H30N4O4. The minimum Gasteiger partial charge on any atom is -0.496 e. The zero-order valence-electron chi connectivity index (χ0n) is 21.3. The number of aromatic nitrogens is 2. The standard InChI is InChI=1S/C28H30N4O4/c1-28(2,3)32(4)26(33)21-13-17(11-12-23(21)31-27(34)36-6)18-14-20-22(16-30-25(20)29-15-18)19-9-7-8-10-24(19)35-5/h7-16H,1-6H3,(H,29,30)(H,31,34). The number of carbonyl (C=O) groups excluding carboxylic acids is 2. The van der Waals surface area contributed by atoms with Crippen LogP contribution in [0.1, 0.15) is 31.1 Å². The first kappa shape index (κ1) is 24.8. The van der Waals surface area contributed by atoms with Crippen molar-refractivity contribution >= 4 is 28.7 Å². The van der Waals surface area contributed by atoms with Gasteiger partial charge in [-0.25, -0.2) is 9.78 Å². The van der Waals surface area contributed by atoms with Crippen LogP contribution in [0.15, 0.2) is 60.9 Å². The summed E-state index contributed by atoms with van der Waals surface area (Å²) in [7, 11) is 4.67. The summed E-state index contributed by atoms with van der Waals surface area (Å²) in [6.07, 6.45) is 3.03. The second kappa shape index (κ2) is 9.73. The van der Waals surface area contributed by atoms with Crippen molar-refractivity contribution in [2.24, 2.45) is 0 Å². The number of aromatic amines is 1. The molecule has 4 rings (SSSR count). The van der Waals surface area contributed by atoms with Crippen molar-refractivity contribution < 1.29 is 19.1 Å². The summed E-state index contributed by atoms with van der Waals surface area (Å²) in [5, 5.41) is 3.58. The van der Waals surface area contributed by atoms with Crippen LogP contribution in [-0.2, 0) is 4.74 Å². The van der Waals surface area contributed by atoms with Crippen molar-refractivity contribution in [3.05, 3.63) is 66.5 Å². The molecular weight excluding hydrogens is 456 g/mol. The molecule has 2 aromatic carbocycles. The fraction of sp³-hybridized carbons (Fsp3) is 0.250. The highest BCUT2D eigenvalue weighted by atomic mass is 16.5. The van der Waals surface area contributed by atoms with Gasteiger partial charge in [0.15, 0.2) is 0 Å². The molecule has 36 heavy (non-hydrogen) atoms. The summed E-state index contributed by atoms with van der Waals surface area (Å²) in [6.45, 7) is 5.85. The topological polar surface area (TPSA) is 96.5 Å². The number of ether oxygens (including phenoxy) is 2. The molecule has 0 atom stereocenters. The van der Waals surface area contributed by atoms with E-state index < -0.39 is 11.6 Å². The van der Waals surface area contributed by atoms with Crippen LogP contribution in [0.2, 0.25) is 0 Å². The third-order valence-corrected chi connectivity index (χ3v) is 6.24. The molecule has 2 aromatic heterocycles. The molecule has 2 heterocycles. The smallest absolute Gasteiger partial charge is 0.411 e. The predicted molar refractivity (Wildman–Crippen MR) is 141 cm³/mol. The number of H-pyrrole nitrogens is 1. The molecule has 0 saturated carbocycles. The maximum Gasteiger partial charge on any atom is 0.411 e. The molecule has 2 amide bonds. The fourth-order valence-electron chi connectivity index (χ4n) is 3.91. The van der Waals surface area contributed by atoms with E-state index >= 15 is 0 Å². The number of para-hydroxylation sites is 1. The molecule has 0 aliphatic rings. The van der Waals surface area contributed by atoms with Crippen LogP contribution in [0.5, 0.6) is 5.75 Å². The Labute approximate surface area is 210 Å². The Morgan fingerprint density at radius 1 is 1.00 bits per heavy atom. The monoisotopic (exact) mass is 486 g/mol. The van der Waals surface area contributed by atoms with Gasteiger partial charge in [0, 0.05) is 47.1 Å². The molecule has 4 aromatic rings. The third kappa shape index (κ3) is 4.75. The summed E-state index contributed by atoms with van der Waals surface area (Å²) >= 11 is 0. The van der Waals surface area contributed by atoms with Crippen molar-refractivity contribution in [1.82, 2.24) is 14.9 Å². The van der Waals surface area contributed by atoms with Gasteiger partial charge in [0.05, 0.1) is 25.5 Å². The number of anilines is 1. The largest absolute Gasteiger partial charge is 0.496 e. The molecule has 0 aliphatic heterocycles. The summed E-state index contributed by atoms with van der Waals surface area (Å²) < 4.78 is 10.3. The van der Waals surface area contributed by atoms with E-state index in [1.54, 1.807) is 37.4 Å². The summed E-state index contributed by atoms with van der Waals surface area (Å²) in [5.74, 6) is 0.543. The van der Waals surface area contributed by atoms with Crippen LogP contribution < -0.4 is 10.1 Å². The highest BCUT2D eigenvalue weighted by Crippen LogP contribution is 2.36. The van der Waals surface area contributed by atoms with E-state index in [4.69, 9.17) is 9.47 Å². The Morgan fingerprint density at radius 2 is 1.75 bits per heavy atom. The van der Waals surface area contributed by atoms with Crippen molar-refractivity contribution in [2.75, 3.05) is 26.6 Å². The maximum atomic E-state index is 13.4. The van der Waals surface area contributed by atoms with E-state index in [1.807, 2.05) is 63.4 Å². The average molecular weight is 487 g/mol. The lowest BCUT2D eigenvalue weighted by atomic mass is 9.98. The van der Waals surface area contributed by atoms with Crippen molar-refractivity contribution in [2.45, 2.75) is 26.3 Å². The minimum atomic E-state index is -0.646. The highest BCUT2D eigenvalue weighted by molar-refractivity contribution is 6.04. The number of amides is 2. The van der Waals surface area contributed by atoms with E-state index in [0.29, 0.717) is 11.3 Å². The van der Waals surface area contributed by atoms with Gasteiger partial charge < -0.3 is 19.4 Å². The first-order valence-corrected chi connectivity index (χ1v) is 11.5. The van der Waals surface area contributed by atoms with Gasteiger partial charge in [-0.2, -0.15) is 0 Å². The van der Waals surface area contributed by atoms with E-state index in [0.717, 1.165) is 39.0 Å². The number of nitrogens with zero attached hydrogens (tertiary/aromatic N) is 2. The van der Waals surface area contributed by atoms with Crippen molar-refractivity contribution in [3.63, 3.8) is 0 Å². The van der Waals surface area contributed by atoms with Crippen LogP contribution in [0.3, 0.4) is 0 Å². The van der Waals surface area contributed by atoms with Crippen molar-refractivity contribution in [3.8, 4) is 28.0 Å².